The Morgan fingerprint density at radius 1 is 1.06 bits per heavy atom. The lowest BCUT2D eigenvalue weighted by Gasteiger charge is -2.12. The minimum Gasteiger partial charge on any atom is -0.382 e. The third kappa shape index (κ3) is 4.16. The van der Waals surface area contributed by atoms with Gasteiger partial charge in [-0.05, 0) is 35.9 Å². The number of nitrogens with one attached hydrogen (secondary N) is 2. The number of halogens is 5. The molecule has 4 N–H and O–H groups in total. The monoisotopic (exact) mass is 473 g/mol. The van der Waals surface area contributed by atoms with Crippen molar-refractivity contribution in [3.8, 4) is 17.2 Å². The van der Waals surface area contributed by atoms with Gasteiger partial charge in [-0.2, -0.15) is 23.5 Å². The number of hydrogen-bond donors (Lipinski definition) is 3. The van der Waals surface area contributed by atoms with Gasteiger partial charge in [0.2, 0.25) is 0 Å². The topological polar surface area (TPSA) is 121 Å². The number of amides is 2. The number of anilines is 3. The molecule has 13 heteroatoms. The Bertz CT molecular complexity index is 1470. The van der Waals surface area contributed by atoms with E-state index in [2.05, 4.69) is 15.4 Å². The van der Waals surface area contributed by atoms with Crippen molar-refractivity contribution in [1.29, 1.82) is 5.26 Å². The van der Waals surface area contributed by atoms with Gasteiger partial charge < -0.3 is 16.4 Å². The second kappa shape index (κ2) is 8.32. The van der Waals surface area contributed by atoms with Gasteiger partial charge in [-0.1, -0.05) is 6.07 Å². The Kier molecular flexibility index (Phi) is 5.50. The van der Waals surface area contributed by atoms with Gasteiger partial charge in [0.15, 0.2) is 5.82 Å². The van der Waals surface area contributed by atoms with Crippen molar-refractivity contribution < 1.29 is 26.7 Å². The van der Waals surface area contributed by atoms with Crippen LogP contribution in [0, 0.1) is 23.0 Å². The fourth-order valence-electron chi connectivity index (χ4n) is 3.26. The number of carbonyl (C=O) groups excluding carboxylic acids is 1. The summed E-state index contributed by atoms with van der Waals surface area (Å²) in [6.45, 7) is 0. The van der Waals surface area contributed by atoms with Crippen LogP contribution in [0.25, 0.3) is 16.6 Å². The molecular weight excluding hydrogens is 461 g/mol. The predicted molar refractivity (Wildman–Crippen MR) is 112 cm³/mol. The second-order valence-electron chi connectivity index (χ2n) is 6.93. The number of hydrogen-bond acceptors (Lipinski definition) is 5. The zero-order valence-electron chi connectivity index (χ0n) is 16.8. The molecule has 0 aliphatic heterocycles. The van der Waals surface area contributed by atoms with Gasteiger partial charge in [0.1, 0.15) is 29.5 Å². The molecule has 0 spiro atoms. The molecule has 0 radical (unpaired) electrons. The first-order chi connectivity index (χ1) is 16.1. The van der Waals surface area contributed by atoms with Gasteiger partial charge in [-0.3, -0.25) is 0 Å². The molecule has 0 bridgehead atoms. The lowest BCUT2D eigenvalue weighted by molar-refractivity contribution is -0.137. The van der Waals surface area contributed by atoms with Crippen LogP contribution in [0.15, 0.2) is 48.9 Å². The molecule has 34 heavy (non-hydrogen) atoms. The first-order valence-electron chi connectivity index (χ1n) is 9.35. The van der Waals surface area contributed by atoms with E-state index in [-0.39, 0.29) is 33.7 Å². The number of carbonyl (C=O) groups is 1. The summed E-state index contributed by atoms with van der Waals surface area (Å²) in [6.07, 6.45) is -2.17. The number of nitrogens with two attached hydrogens (primary N) is 1. The summed E-state index contributed by atoms with van der Waals surface area (Å²) < 4.78 is 68.4. The van der Waals surface area contributed by atoms with Crippen LogP contribution in [0.2, 0.25) is 0 Å². The number of rotatable bonds is 3. The van der Waals surface area contributed by atoms with Crippen LogP contribution >= 0.6 is 0 Å². The second-order valence-corrected chi connectivity index (χ2v) is 6.93. The fraction of sp³-hybridized carbons (Fsp3) is 0.0476. The summed E-state index contributed by atoms with van der Waals surface area (Å²) >= 11 is 0. The van der Waals surface area contributed by atoms with Crippen LogP contribution in [-0.4, -0.2) is 20.6 Å². The molecule has 0 unspecified atom stereocenters. The fourth-order valence-corrected chi connectivity index (χ4v) is 3.26. The van der Waals surface area contributed by atoms with E-state index in [1.807, 2.05) is 11.4 Å². The number of nitrogens with zero attached hydrogens (tertiary/aromatic N) is 4. The average Bonchev–Trinajstić information content (AvgIpc) is 3.16. The highest BCUT2D eigenvalue weighted by molar-refractivity contribution is 6.00. The first kappa shape index (κ1) is 22.5. The highest BCUT2D eigenvalue weighted by atomic mass is 19.4. The summed E-state index contributed by atoms with van der Waals surface area (Å²) in [7, 11) is 0. The minimum absolute atomic E-state index is 0.0524. The van der Waals surface area contributed by atoms with Crippen LogP contribution in [0.5, 0.6) is 0 Å². The molecule has 0 aliphatic rings. The Labute approximate surface area is 187 Å². The average molecular weight is 473 g/mol. The molecule has 8 nitrogen and oxygen atoms in total. The Morgan fingerprint density at radius 2 is 1.79 bits per heavy atom. The van der Waals surface area contributed by atoms with E-state index in [0.29, 0.717) is 18.2 Å². The van der Waals surface area contributed by atoms with Crippen molar-refractivity contribution in [2.45, 2.75) is 6.18 Å². The van der Waals surface area contributed by atoms with Crippen LogP contribution in [-0.2, 0) is 6.18 Å². The van der Waals surface area contributed by atoms with Crippen molar-refractivity contribution >= 4 is 28.7 Å². The normalized spacial score (nSPS) is 11.3. The summed E-state index contributed by atoms with van der Waals surface area (Å²) in [5, 5.41) is 17.4. The van der Waals surface area contributed by atoms with E-state index in [1.165, 1.54) is 23.1 Å². The zero-order valence-corrected chi connectivity index (χ0v) is 16.8. The molecule has 0 aliphatic carbocycles. The van der Waals surface area contributed by atoms with Gasteiger partial charge in [0, 0.05) is 11.8 Å². The minimum atomic E-state index is -4.75. The van der Waals surface area contributed by atoms with Crippen molar-refractivity contribution in [2.24, 2.45) is 0 Å². The van der Waals surface area contributed by atoms with E-state index >= 15 is 0 Å². The van der Waals surface area contributed by atoms with Gasteiger partial charge in [-0.15, -0.1) is 0 Å². The van der Waals surface area contributed by atoms with Crippen LogP contribution in [0.4, 0.5) is 43.9 Å². The number of benzene rings is 2. The smallest absolute Gasteiger partial charge is 0.382 e. The number of alkyl halides is 3. The maximum atomic E-state index is 14.8. The van der Waals surface area contributed by atoms with E-state index in [1.54, 1.807) is 0 Å². The van der Waals surface area contributed by atoms with Gasteiger partial charge >= 0.3 is 12.2 Å². The number of aromatic nitrogens is 3. The molecular formula is C21H12F5N7O. The number of nitrogen functional groups attached to an aromatic ring is 1. The Hall–Kier alpha value is -4.73. The van der Waals surface area contributed by atoms with Crippen LogP contribution in [0.3, 0.4) is 0 Å². The largest absolute Gasteiger partial charge is 0.416 e. The number of nitriles is 1. The van der Waals surface area contributed by atoms with E-state index < -0.39 is 35.1 Å². The Morgan fingerprint density at radius 3 is 2.47 bits per heavy atom. The van der Waals surface area contributed by atoms with Crippen molar-refractivity contribution in [2.75, 3.05) is 16.4 Å². The lowest BCUT2D eigenvalue weighted by atomic mass is 10.0. The molecule has 2 heterocycles. The van der Waals surface area contributed by atoms with E-state index in [9.17, 15) is 32.0 Å². The molecule has 0 fully saturated rings. The van der Waals surface area contributed by atoms with Gasteiger partial charge in [0.25, 0.3) is 0 Å². The standard InChI is InChI=1S/C21H12F5N7O/c22-13-3-2-12(21(24,25)26)6-16(13)32-20(34)31-15-4-1-10(5-14(15)23)17-11(7-27)8-33-18(17)19(28)29-9-30-33/h1-6,8-9H,(H2,28,29,30)(H2,31,32,34). The van der Waals surface area contributed by atoms with E-state index in [0.717, 1.165) is 12.1 Å². The van der Waals surface area contributed by atoms with Crippen molar-refractivity contribution in [3.63, 3.8) is 0 Å². The van der Waals surface area contributed by atoms with E-state index in [4.69, 9.17) is 5.73 Å². The molecule has 0 saturated heterocycles. The number of fused-ring (bicyclic) bond motifs is 1. The lowest BCUT2D eigenvalue weighted by Crippen LogP contribution is -2.21. The van der Waals surface area contributed by atoms with Gasteiger partial charge in [0.05, 0.1) is 22.5 Å². The van der Waals surface area contributed by atoms with Crippen LogP contribution < -0.4 is 16.4 Å². The molecule has 2 aromatic heterocycles. The quantitative estimate of drug-likeness (QED) is 0.370. The van der Waals surface area contributed by atoms with Crippen molar-refractivity contribution in [1.82, 2.24) is 14.6 Å². The Balaban J connectivity index is 1.61. The highest BCUT2D eigenvalue weighted by Gasteiger charge is 2.31. The third-order valence-electron chi connectivity index (χ3n) is 4.77. The number of urea groups is 1. The van der Waals surface area contributed by atoms with Gasteiger partial charge in [-0.25, -0.2) is 23.1 Å². The molecule has 0 saturated carbocycles. The molecule has 2 amide bonds. The zero-order chi connectivity index (χ0) is 24.6. The first-order valence-corrected chi connectivity index (χ1v) is 9.35. The molecule has 4 aromatic rings. The summed E-state index contributed by atoms with van der Waals surface area (Å²) in [4.78, 5) is 16.0. The molecule has 172 valence electrons. The highest BCUT2D eigenvalue weighted by Crippen LogP contribution is 2.34. The molecule has 4 rings (SSSR count). The predicted octanol–water partition coefficient (Wildman–Crippen LogP) is 4.79. The SMILES string of the molecule is N#Cc1cn2ncnc(N)c2c1-c1ccc(NC(=O)Nc2cc(C(F)(F)F)ccc2F)c(F)c1. The summed E-state index contributed by atoms with van der Waals surface area (Å²) in [6, 6.07) is 5.85. The third-order valence-corrected chi connectivity index (χ3v) is 4.77. The summed E-state index contributed by atoms with van der Waals surface area (Å²) in [5.41, 5.74) is 4.54. The molecule has 0 atom stereocenters. The maximum absolute atomic E-state index is 14.8. The van der Waals surface area contributed by atoms with Crippen molar-refractivity contribution in [3.05, 3.63) is 71.7 Å². The summed E-state index contributed by atoms with van der Waals surface area (Å²) in [5.74, 6) is -1.99. The van der Waals surface area contributed by atoms with Crippen LogP contribution in [0.1, 0.15) is 11.1 Å². The maximum Gasteiger partial charge on any atom is 0.416 e. The molecule has 2 aromatic carbocycles.